The topological polar surface area (TPSA) is 81.3 Å². The van der Waals surface area contributed by atoms with Crippen molar-refractivity contribution in [3.63, 3.8) is 0 Å². The molecular weight excluding hydrogens is 440 g/mol. The summed E-state index contributed by atoms with van der Waals surface area (Å²) in [7, 11) is 2.13. The van der Waals surface area contributed by atoms with Crippen LogP contribution in [0.5, 0.6) is 5.75 Å². The molecule has 0 spiro atoms. The monoisotopic (exact) mass is 465 g/mol. The highest BCUT2D eigenvalue weighted by Gasteiger charge is 2.40. The maximum atomic E-state index is 15.4. The third kappa shape index (κ3) is 4.45. The second-order valence-electron chi connectivity index (χ2n) is 8.72. The molecule has 0 aliphatic carbocycles. The molecule has 34 heavy (non-hydrogen) atoms. The number of rotatable bonds is 6. The minimum atomic E-state index is -3.41. The van der Waals surface area contributed by atoms with E-state index in [1.807, 2.05) is 0 Å². The quantitative estimate of drug-likeness (QED) is 0.429. The number of hydrogen-bond acceptors (Lipinski definition) is 7. The van der Waals surface area contributed by atoms with Crippen molar-refractivity contribution < 1.29 is 13.5 Å². The first-order valence-electron chi connectivity index (χ1n) is 11.2. The lowest BCUT2D eigenvalue weighted by Gasteiger charge is -2.28. The number of likely N-dealkylation sites (tertiary alicyclic amines) is 1. The summed E-state index contributed by atoms with van der Waals surface area (Å²) in [5, 5.41) is 11.7. The van der Waals surface area contributed by atoms with E-state index >= 15 is 8.78 Å². The van der Waals surface area contributed by atoms with Gasteiger partial charge >= 0.3 is 5.92 Å². The van der Waals surface area contributed by atoms with Crippen LogP contribution in [-0.4, -0.2) is 61.4 Å². The van der Waals surface area contributed by atoms with Gasteiger partial charge in [0.15, 0.2) is 17.2 Å². The van der Waals surface area contributed by atoms with Gasteiger partial charge in [0.1, 0.15) is 0 Å². The molecule has 8 nitrogen and oxygen atoms in total. The Balaban J connectivity index is 1.34. The fourth-order valence-electron chi connectivity index (χ4n) is 4.04. The van der Waals surface area contributed by atoms with E-state index in [0.29, 0.717) is 35.4 Å². The minimum Gasteiger partial charge on any atom is -0.490 e. The number of alkyl halides is 2. The molecule has 0 radical (unpaired) electrons. The number of aromatic nitrogens is 6. The first-order valence-corrected chi connectivity index (χ1v) is 11.2. The van der Waals surface area contributed by atoms with E-state index in [1.54, 1.807) is 43.6 Å². The summed E-state index contributed by atoms with van der Waals surface area (Å²) in [5.41, 5.74) is 1.08. The van der Waals surface area contributed by atoms with E-state index in [-0.39, 0.29) is 11.2 Å². The highest BCUT2D eigenvalue weighted by Crippen LogP contribution is 2.36. The fraction of sp³-hybridized carbons (Fsp3) is 0.375. The van der Waals surface area contributed by atoms with Gasteiger partial charge in [0, 0.05) is 11.1 Å². The molecule has 5 rings (SSSR count). The van der Waals surface area contributed by atoms with E-state index < -0.39 is 11.7 Å². The molecule has 1 aromatic carbocycles. The predicted molar refractivity (Wildman–Crippen MR) is 122 cm³/mol. The normalized spacial score (nSPS) is 15.6. The van der Waals surface area contributed by atoms with Crippen LogP contribution < -0.4 is 4.74 Å². The van der Waals surface area contributed by atoms with Gasteiger partial charge < -0.3 is 9.64 Å². The summed E-state index contributed by atoms with van der Waals surface area (Å²) in [6.07, 6.45) is 5.38. The van der Waals surface area contributed by atoms with Crippen molar-refractivity contribution >= 4 is 5.65 Å². The summed E-state index contributed by atoms with van der Waals surface area (Å²) < 4.78 is 37.8. The van der Waals surface area contributed by atoms with Crippen molar-refractivity contribution in [1.82, 2.24) is 34.7 Å². The van der Waals surface area contributed by atoms with Crippen molar-refractivity contribution in [2.75, 3.05) is 26.7 Å². The molecule has 1 aliphatic heterocycles. The summed E-state index contributed by atoms with van der Waals surface area (Å²) in [6, 6.07) is 9.26. The van der Waals surface area contributed by atoms with E-state index in [9.17, 15) is 0 Å². The molecule has 0 N–H and O–H groups in total. The van der Waals surface area contributed by atoms with Crippen LogP contribution in [0, 0.1) is 12.8 Å². The van der Waals surface area contributed by atoms with Crippen LogP contribution in [0.25, 0.3) is 17.0 Å². The molecule has 0 amide bonds. The van der Waals surface area contributed by atoms with Crippen LogP contribution in [0.15, 0.2) is 48.8 Å². The largest absolute Gasteiger partial charge is 0.490 e. The average molecular weight is 466 g/mol. The molecule has 4 heterocycles. The summed E-state index contributed by atoms with van der Waals surface area (Å²) in [6.45, 7) is 4.49. The summed E-state index contributed by atoms with van der Waals surface area (Å²) in [4.78, 5) is 11.0. The van der Waals surface area contributed by atoms with E-state index in [0.717, 1.165) is 30.4 Å². The Morgan fingerprint density at radius 1 is 1.06 bits per heavy atom. The van der Waals surface area contributed by atoms with E-state index in [1.165, 1.54) is 12.1 Å². The first kappa shape index (κ1) is 22.3. The van der Waals surface area contributed by atoms with Crippen LogP contribution in [0.1, 0.15) is 29.9 Å². The van der Waals surface area contributed by atoms with Crippen molar-refractivity contribution in [1.29, 1.82) is 0 Å². The number of fused-ring (bicyclic) bond motifs is 1. The zero-order valence-electron chi connectivity index (χ0n) is 19.0. The molecule has 0 atom stereocenters. The molecule has 4 aromatic rings. The van der Waals surface area contributed by atoms with Gasteiger partial charge in [0.05, 0.1) is 24.7 Å². The van der Waals surface area contributed by atoms with Crippen LogP contribution in [0.3, 0.4) is 0 Å². The number of ether oxygens (including phenoxy) is 1. The Kier molecular flexibility index (Phi) is 5.91. The highest BCUT2D eigenvalue weighted by atomic mass is 19.3. The number of nitrogens with zero attached hydrogens (tertiary/aromatic N) is 7. The lowest BCUT2D eigenvalue weighted by atomic mass is 9.98. The van der Waals surface area contributed by atoms with Gasteiger partial charge in [0.25, 0.3) is 0 Å². The van der Waals surface area contributed by atoms with Gasteiger partial charge in [-0.1, -0.05) is 18.2 Å². The number of aryl methyl sites for hydroxylation is 1. The molecule has 0 saturated carbocycles. The number of benzene rings is 1. The van der Waals surface area contributed by atoms with Gasteiger partial charge in [-0.3, -0.25) is 0 Å². The van der Waals surface area contributed by atoms with Gasteiger partial charge in [0.2, 0.25) is 5.82 Å². The predicted octanol–water partition coefficient (Wildman–Crippen LogP) is 3.75. The third-order valence-corrected chi connectivity index (χ3v) is 6.11. The number of halogens is 2. The van der Waals surface area contributed by atoms with Crippen molar-refractivity contribution in [3.05, 3.63) is 65.9 Å². The number of hydrogen-bond donors (Lipinski definition) is 0. The van der Waals surface area contributed by atoms with E-state index in [2.05, 4.69) is 37.2 Å². The molecule has 10 heteroatoms. The Labute approximate surface area is 195 Å². The zero-order chi connectivity index (χ0) is 23.7. The molecule has 1 aliphatic rings. The fourth-order valence-corrected chi connectivity index (χ4v) is 4.04. The summed E-state index contributed by atoms with van der Waals surface area (Å²) >= 11 is 0. The molecule has 1 fully saturated rings. The van der Waals surface area contributed by atoms with Gasteiger partial charge in [-0.05, 0) is 64.0 Å². The molecule has 1 saturated heterocycles. The van der Waals surface area contributed by atoms with Gasteiger partial charge in [-0.25, -0.2) is 9.97 Å². The Hall–Kier alpha value is -3.53. The molecule has 0 bridgehead atoms. The van der Waals surface area contributed by atoms with Gasteiger partial charge in [-0.2, -0.15) is 18.4 Å². The van der Waals surface area contributed by atoms with Crippen molar-refractivity contribution in [3.8, 4) is 17.1 Å². The molecule has 0 unspecified atom stereocenters. The lowest BCUT2D eigenvalue weighted by molar-refractivity contribution is 0.0306. The van der Waals surface area contributed by atoms with Gasteiger partial charge in [-0.15, -0.1) is 10.2 Å². The van der Waals surface area contributed by atoms with Crippen molar-refractivity contribution in [2.24, 2.45) is 5.92 Å². The Bertz CT molecular complexity index is 1280. The average Bonchev–Trinajstić information content (AvgIpc) is 3.28. The maximum Gasteiger partial charge on any atom is 0.333 e. The second-order valence-corrected chi connectivity index (χ2v) is 8.72. The minimum absolute atomic E-state index is 0.242. The number of piperidine rings is 1. The second kappa shape index (κ2) is 9.02. The van der Waals surface area contributed by atoms with Crippen LogP contribution in [0.2, 0.25) is 0 Å². The lowest BCUT2D eigenvalue weighted by Crippen LogP contribution is -2.32. The SMILES string of the molecule is Cc1ccc2nnc(C(F)(F)c3cccc(-c4ncc(OCC5CCN(C)CC5)cn4)c3)n2n1. The smallest absolute Gasteiger partial charge is 0.333 e. The standard InChI is InChI=1S/C24H25F2N7O/c1-16-6-7-21-29-30-23(33(21)31-16)24(25,26)19-5-3-4-18(12-19)22-27-13-20(14-28-22)34-15-17-8-10-32(2)11-9-17/h3-7,12-14,17H,8-11,15H2,1-2H3. The first-order chi connectivity index (χ1) is 16.4. The molecule has 176 valence electrons. The molecule has 3 aromatic heterocycles. The van der Waals surface area contributed by atoms with Crippen LogP contribution in [0.4, 0.5) is 8.78 Å². The van der Waals surface area contributed by atoms with Crippen molar-refractivity contribution in [2.45, 2.75) is 25.7 Å². The Morgan fingerprint density at radius 2 is 1.82 bits per heavy atom. The van der Waals surface area contributed by atoms with E-state index in [4.69, 9.17) is 4.74 Å². The Morgan fingerprint density at radius 3 is 2.59 bits per heavy atom. The van der Waals surface area contributed by atoms with Crippen LogP contribution in [-0.2, 0) is 5.92 Å². The molecular formula is C24H25F2N7O. The maximum absolute atomic E-state index is 15.4. The zero-order valence-corrected chi connectivity index (χ0v) is 19.0. The van der Waals surface area contributed by atoms with Crippen LogP contribution >= 0.6 is 0 Å². The highest BCUT2D eigenvalue weighted by molar-refractivity contribution is 5.57. The third-order valence-electron chi connectivity index (χ3n) is 6.11. The summed E-state index contributed by atoms with van der Waals surface area (Å²) in [5.74, 6) is -2.53.